The van der Waals surface area contributed by atoms with Crippen LogP contribution in [0, 0.1) is 12.3 Å². The first-order valence-electron chi connectivity index (χ1n) is 6.35. The monoisotopic (exact) mass is 235 g/mol. The van der Waals surface area contributed by atoms with E-state index in [9.17, 15) is 5.11 Å². The number of hydrogen-bond acceptors (Lipinski definition) is 2. The Morgan fingerprint density at radius 2 is 1.82 bits per heavy atom. The third-order valence-corrected chi connectivity index (χ3v) is 3.23. The van der Waals surface area contributed by atoms with Crippen molar-refractivity contribution in [1.82, 2.24) is 0 Å². The molecule has 1 rings (SSSR count). The van der Waals surface area contributed by atoms with Gasteiger partial charge in [0.25, 0.3) is 0 Å². The van der Waals surface area contributed by atoms with Gasteiger partial charge in [0.15, 0.2) is 0 Å². The van der Waals surface area contributed by atoms with Crippen LogP contribution in [0.2, 0.25) is 0 Å². The molecule has 2 nitrogen and oxygen atoms in total. The molecule has 1 aromatic rings. The summed E-state index contributed by atoms with van der Waals surface area (Å²) >= 11 is 0. The first-order valence-corrected chi connectivity index (χ1v) is 6.35. The van der Waals surface area contributed by atoms with Gasteiger partial charge in [0.05, 0.1) is 6.10 Å². The second-order valence-corrected chi connectivity index (χ2v) is 5.71. The van der Waals surface area contributed by atoms with E-state index in [1.807, 2.05) is 6.07 Å². The number of anilines is 1. The van der Waals surface area contributed by atoms with Crippen molar-refractivity contribution in [2.75, 3.05) is 18.0 Å². The van der Waals surface area contributed by atoms with Gasteiger partial charge in [0.2, 0.25) is 0 Å². The lowest BCUT2D eigenvalue weighted by Gasteiger charge is -2.33. The number of nitrogens with zero attached hydrogens (tertiary/aromatic N) is 1. The summed E-state index contributed by atoms with van der Waals surface area (Å²) < 4.78 is 0. The molecule has 0 fully saturated rings. The van der Waals surface area contributed by atoms with Gasteiger partial charge in [-0.1, -0.05) is 39.0 Å². The zero-order valence-corrected chi connectivity index (χ0v) is 11.7. The third kappa shape index (κ3) is 3.74. The Bertz CT molecular complexity index is 354. The van der Waals surface area contributed by atoms with Crippen molar-refractivity contribution < 1.29 is 5.11 Å². The number of rotatable bonds is 4. The van der Waals surface area contributed by atoms with E-state index in [0.717, 1.165) is 6.54 Å². The maximum atomic E-state index is 10.2. The van der Waals surface area contributed by atoms with E-state index in [2.05, 4.69) is 57.7 Å². The number of hydrogen-bond donors (Lipinski definition) is 1. The minimum Gasteiger partial charge on any atom is -0.391 e. The smallest absolute Gasteiger partial charge is 0.0763 e. The number of benzene rings is 1. The minimum atomic E-state index is -0.318. The molecule has 1 atom stereocenters. The van der Waals surface area contributed by atoms with Gasteiger partial charge >= 0.3 is 0 Å². The van der Waals surface area contributed by atoms with Crippen LogP contribution in [0.5, 0.6) is 0 Å². The molecule has 0 aliphatic rings. The van der Waals surface area contributed by atoms with E-state index in [0.29, 0.717) is 6.54 Å². The number of para-hydroxylation sites is 1. The molecule has 0 aromatic heterocycles. The average molecular weight is 235 g/mol. The molecule has 0 aliphatic heterocycles. The van der Waals surface area contributed by atoms with Crippen LogP contribution in [0.4, 0.5) is 5.69 Å². The van der Waals surface area contributed by atoms with Crippen LogP contribution in [0.3, 0.4) is 0 Å². The zero-order valence-electron chi connectivity index (χ0n) is 11.7. The van der Waals surface area contributed by atoms with Gasteiger partial charge < -0.3 is 10.0 Å². The molecule has 0 amide bonds. The molecule has 0 spiro atoms. The Hall–Kier alpha value is -1.02. The molecular formula is C15H25NO. The van der Waals surface area contributed by atoms with Crippen LogP contribution in [0.15, 0.2) is 24.3 Å². The summed E-state index contributed by atoms with van der Waals surface area (Å²) in [4.78, 5) is 2.24. The summed E-state index contributed by atoms with van der Waals surface area (Å²) in [5.41, 5.74) is 2.41. The fourth-order valence-corrected chi connectivity index (χ4v) is 1.80. The first kappa shape index (κ1) is 14.0. The van der Waals surface area contributed by atoms with Crippen LogP contribution in [0.25, 0.3) is 0 Å². The predicted octanol–water partition coefficient (Wildman–Crippen LogP) is 3.23. The van der Waals surface area contributed by atoms with Gasteiger partial charge in [-0.05, 0) is 30.9 Å². The number of aryl methyl sites for hydroxylation is 1. The third-order valence-electron chi connectivity index (χ3n) is 3.23. The topological polar surface area (TPSA) is 23.5 Å². The highest BCUT2D eigenvalue weighted by Gasteiger charge is 2.24. The summed E-state index contributed by atoms with van der Waals surface area (Å²) in [5.74, 6) is 0. The summed E-state index contributed by atoms with van der Waals surface area (Å²) in [5, 5.41) is 10.2. The molecule has 1 unspecified atom stereocenters. The van der Waals surface area contributed by atoms with Crippen molar-refractivity contribution >= 4 is 5.69 Å². The van der Waals surface area contributed by atoms with Crippen LogP contribution >= 0.6 is 0 Å². The van der Waals surface area contributed by atoms with Crippen molar-refractivity contribution in [3.8, 4) is 0 Å². The van der Waals surface area contributed by atoms with Crippen LogP contribution < -0.4 is 4.90 Å². The van der Waals surface area contributed by atoms with Crippen LogP contribution in [-0.4, -0.2) is 24.3 Å². The van der Waals surface area contributed by atoms with Gasteiger partial charge in [-0.3, -0.25) is 0 Å². The molecule has 0 radical (unpaired) electrons. The molecule has 0 heterocycles. The Morgan fingerprint density at radius 3 is 2.29 bits per heavy atom. The maximum Gasteiger partial charge on any atom is 0.0763 e. The van der Waals surface area contributed by atoms with Crippen molar-refractivity contribution in [3.63, 3.8) is 0 Å². The van der Waals surface area contributed by atoms with Gasteiger partial charge in [0.1, 0.15) is 0 Å². The van der Waals surface area contributed by atoms with E-state index in [4.69, 9.17) is 0 Å². The van der Waals surface area contributed by atoms with E-state index < -0.39 is 0 Å². The SMILES string of the molecule is CCN(CC(O)C(C)(C)C)c1ccccc1C. The van der Waals surface area contributed by atoms with Crippen molar-refractivity contribution in [2.24, 2.45) is 5.41 Å². The van der Waals surface area contributed by atoms with Gasteiger partial charge in [-0.15, -0.1) is 0 Å². The highest BCUT2D eigenvalue weighted by molar-refractivity contribution is 5.52. The highest BCUT2D eigenvalue weighted by Crippen LogP contribution is 2.24. The highest BCUT2D eigenvalue weighted by atomic mass is 16.3. The Balaban J connectivity index is 2.83. The Kier molecular flexibility index (Phi) is 4.58. The molecular weight excluding hydrogens is 210 g/mol. The number of likely N-dealkylation sites (N-methyl/N-ethyl adjacent to an activating group) is 1. The quantitative estimate of drug-likeness (QED) is 0.866. The Morgan fingerprint density at radius 1 is 1.24 bits per heavy atom. The summed E-state index contributed by atoms with van der Waals surface area (Å²) in [6.45, 7) is 12.1. The first-order chi connectivity index (χ1) is 7.86. The molecule has 0 saturated heterocycles. The maximum absolute atomic E-state index is 10.2. The molecule has 0 bridgehead atoms. The summed E-state index contributed by atoms with van der Waals surface area (Å²) in [6, 6.07) is 8.33. The summed E-state index contributed by atoms with van der Waals surface area (Å²) in [7, 11) is 0. The van der Waals surface area contributed by atoms with Crippen LogP contribution in [-0.2, 0) is 0 Å². The second kappa shape index (κ2) is 5.54. The van der Waals surface area contributed by atoms with Gasteiger partial charge in [-0.25, -0.2) is 0 Å². The predicted molar refractivity (Wildman–Crippen MR) is 74.5 cm³/mol. The van der Waals surface area contributed by atoms with E-state index >= 15 is 0 Å². The molecule has 1 aromatic carbocycles. The minimum absolute atomic E-state index is 0.0733. The van der Waals surface area contributed by atoms with Gasteiger partial charge in [0, 0.05) is 18.8 Å². The molecule has 0 aliphatic carbocycles. The average Bonchev–Trinajstić information content (AvgIpc) is 2.25. The van der Waals surface area contributed by atoms with Crippen LogP contribution in [0.1, 0.15) is 33.3 Å². The van der Waals surface area contributed by atoms with Crippen molar-refractivity contribution in [3.05, 3.63) is 29.8 Å². The summed E-state index contributed by atoms with van der Waals surface area (Å²) in [6.07, 6.45) is -0.318. The standard InChI is InChI=1S/C15H25NO/c1-6-16(11-14(17)15(3,4)5)13-10-8-7-9-12(13)2/h7-10,14,17H,6,11H2,1-5H3. The lowest BCUT2D eigenvalue weighted by Crippen LogP contribution is -2.39. The molecule has 96 valence electrons. The molecule has 2 heteroatoms. The van der Waals surface area contributed by atoms with E-state index in [-0.39, 0.29) is 11.5 Å². The lowest BCUT2D eigenvalue weighted by atomic mass is 9.88. The fraction of sp³-hybridized carbons (Fsp3) is 0.600. The largest absolute Gasteiger partial charge is 0.391 e. The normalized spacial score (nSPS) is 13.5. The van der Waals surface area contributed by atoms with E-state index in [1.165, 1.54) is 11.3 Å². The second-order valence-electron chi connectivity index (χ2n) is 5.71. The zero-order chi connectivity index (χ0) is 13.1. The fourth-order valence-electron chi connectivity index (χ4n) is 1.80. The molecule has 17 heavy (non-hydrogen) atoms. The van der Waals surface area contributed by atoms with Gasteiger partial charge in [-0.2, -0.15) is 0 Å². The Labute approximate surface area is 105 Å². The van der Waals surface area contributed by atoms with E-state index in [1.54, 1.807) is 0 Å². The number of aliphatic hydroxyl groups excluding tert-OH is 1. The van der Waals surface area contributed by atoms with Crippen molar-refractivity contribution in [2.45, 2.75) is 40.7 Å². The molecule has 0 saturated carbocycles. The molecule has 1 N–H and O–H groups in total. The lowest BCUT2D eigenvalue weighted by molar-refractivity contribution is 0.0691. The number of aliphatic hydroxyl groups is 1. The van der Waals surface area contributed by atoms with Crippen molar-refractivity contribution in [1.29, 1.82) is 0 Å².